The number of fused-ring (bicyclic) bond motifs is 1. The quantitative estimate of drug-likeness (QED) is 0.669. The van der Waals surface area contributed by atoms with Gasteiger partial charge >= 0.3 is 0 Å². The molecule has 2 heterocycles. The lowest BCUT2D eigenvalue weighted by molar-refractivity contribution is 0.0631. The molecule has 1 N–H and O–H groups in total. The number of nitrogens with zero attached hydrogens (tertiary/aromatic N) is 1. The Balaban J connectivity index is 1.58. The van der Waals surface area contributed by atoms with Crippen molar-refractivity contribution in [1.82, 2.24) is 4.90 Å². The lowest BCUT2D eigenvalue weighted by Gasteiger charge is -2.11. The summed E-state index contributed by atoms with van der Waals surface area (Å²) < 4.78 is 5.22. The first-order chi connectivity index (χ1) is 13.4. The molecule has 28 heavy (non-hydrogen) atoms. The molecule has 3 amide bonds. The predicted molar refractivity (Wildman–Crippen MR) is 103 cm³/mol. The number of rotatable bonds is 4. The molecule has 1 aliphatic rings. The summed E-state index contributed by atoms with van der Waals surface area (Å²) in [4.78, 5) is 38.9. The first kappa shape index (κ1) is 18.0. The van der Waals surface area contributed by atoms with E-state index in [9.17, 15) is 14.4 Å². The van der Waals surface area contributed by atoms with Crippen molar-refractivity contribution in [2.24, 2.45) is 0 Å². The summed E-state index contributed by atoms with van der Waals surface area (Å²) in [7, 11) is 0. The van der Waals surface area contributed by atoms with Crippen LogP contribution in [0.5, 0.6) is 0 Å². The molecule has 0 radical (unpaired) electrons. The number of carbonyl (C=O) groups is 3. The molecule has 7 heteroatoms. The van der Waals surface area contributed by atoms with Crippen LogP contribution in [-0.2, 0) is 6.54 Å². The second-order valence-corrected chi connectivity index (χ2v) is 6.88. The van der Waals surface area contributed by atoms with Crippen LogP contribution in [0.15, 0.2) is 59.2 Å². The van der Waals surface area contributed by atoms with Crippen LogP contribution in [0.2, 0.25) is 5.02 Å². The molecule has 0 fully saturated rings. The molecule has 0 saturated carbocycles. The van der Waals surface area contributed by atoms with Crippen molar-refractivity contribution in [3.05, 3.63) is 87.8 Å². The van der Waals surface area contributed by atoms with E-state index in [4.69, 9.17) is 16.0 Å². The maximum absolute atomic E-state index is 12.7. The van der Waals surface area contributed by atoms with Crippen LogP contribution >= 0.6 is 11.6 Å². The van der Waals surface area contributed by atoms with Gasteiger partial charge in [-0.1, -0.05) is 17.7 Å². The molecule has 1 aliphatic heterocycles. The number of halogens is 1. The van der Waals surface area contributed by atoms with Crippen LogP contribution in [0.1, 0.15) is 42.4 Å². The number of hydrogen-bond acceptors (Lipinski definition) is 4. The van der Waals surface area contributed by atoms with Crippen molar-refractivity contribution in [1.29, 1.82) is 0 Å². The Hall–Kier alpha value is -3.38. The molecular formula is C21H15ClN2O4. The van der Waals surface area contributed by atoms with Gasteiger partial charge in [0.15, 0.2) is 0 Å². The lowest BCUT2D eigenvalue weighted by Crippen LogP contribution is -2.28. The Bertz CT molecular complexity index is 1110. The molecule has 0 atom stereocenters. The van der Waals surface area contributed by atoms with Crippen molar-refractivity contribution in [3.63, 3.8) is 0 Å². The van der Waals surface area contributed by atoms with Crippen LogP contribution in [-0.4, -0.2) is 22.6 Å². The van der Waals surface area contributed by atoms with Crippen molar-refractivity contribution in [3.8, 4) is 0 Å². The van der Waals surface area contributed by atoms with Gasteiger partial charge in [0.1, 0.15) is 5.76 Å². The molecule has 6 nitrogen and oxygen atoms in total. The standard InChI is InChI=1S/C21H15ClN2O4/c1-12-4-7-18(17(22)9-12)23-19(25)13-5-6-15-16(10-13)21(27)24(20(15)26)11-14-3-2-8-28-14/h2-10H,11H2,1H3,(H,23,25). The van der Waals surface area contributed by atoms with Gasteiger partial charge in [-0.05, 0) is 55.0 Å². The third-order valence-electron chi connectivity index (χ3n) is 4.50. The number of amides is 3. The van der Waals surface area contributed by atoms with Crippen LogP contribution < -0.4 is 5.32 Å². The maximum atomic E-state index is 12.7. The van der Waals surface area contributed by atoms with E-state index in [0.717, 1.165) is 10.5 Å². The average Bonchev–Trinajstić information content (AvgIpc) is 3.27. The fraction of sp³-hybridized carbons (Fsp3) is 0.0952. The molecule has 0 aliphatic carbocycles. The highest BCUT2D eigenvalue weighted by atomic mass is 35.5. The minimum absolute atomic E-state index is 0.0415. The highest BCUT2D eigenvalue weighted by Gasteiger charge is 2.36. The number of benzene rings is 2. The summed E-state index contributed by atoms with van der Waals surface area (Å²) in [6.45, 7) is 1.94. The van der Waals surface area contributed by atoms with Crippen LogP contribution in [0.3, 0.4) is 0 Å². The topological polar surface area (TPSA) is 79.6 Å². The Morgan fingerprint density at radius 3 is 2.57 bits per heavy atom. The Labute approximate surface area is 165 Å². The van der Waals surface area contributed by atoms with Crippen LogP contribution in [0, 0.1) is 6.92 Å². The number of carbonyl (C=O) groups excluding carboxylic acids is 3. The van der Waals surface area contributed by atoms with E-state index < -0.39 is 17.7 Å². The fourth-order valence-corrected chi connectivity index (χ4v) is 3.33. The van der Waals surface area contributed by atoms with Crippen molar-refractivity contribution >= 4 is 35.0 Å². The van der Waals surface area contributed by atoms with Gasteiger partial charge in [0.2, 0.25) is 0 Å². The molecular weight excluding hydrogens is 380 g/mol. The van der Waals surface area contributed by atoms with Gasteiger partial charge in [-0.2, -0.15) is 0 Å². The molecule has 140 valence electrons. The summed E-state index contributed by atoms with van der Waals surface area (Å²) in [5.74, 6) is -0.788. The lowest BCUT2D eigenvalue weighted by atomic mass is 10.1. The van der Waals surface area contributed by atoms with E-state index in [1.165, 1.54) is 24.5 Å². The smallest absolute Gasteiger partial charge is 0.261 e. The summed E-state index contributed by atoms with van der Waals surface area (Å²) in [6, 6.07) is 13.1. The predicted octanol–water partition coefficient (Wildman–Crippen LogP) is 4.29. The van der Waals surface area contributed by atoms with Gasteiger partial charge in [-0.3, -0.25) is 19.3 Å². The number of nitrogens with one attached hydrogen (secondary N) is 1. The summed E-state index contributed by atoms with van der Waals surface area (Å²) in [5, 5.41) is 3.14. The molecule has 1 aromatic heterocycles. The highest BCUT2D eigenvalue weighted by molar-refractivity contribution is 6.34. The molecule has 0 saturated heterocycles. The zero-order chi connectivity index (χ0) is 19.8. The average molecular weight is 395 g/mol. The Morgan fingerprint density at radius 1 is 1.07 bits per heavy atom. The van der Waals surface area contributed by atoms with Gasteiger partial charge in [0, 0.05) is 5.56 Å². The molecule has 3 aromatic rings. The highest BCUT2D eigenvalue weighted by Crippen LogP contribution is 2.27. The Kier molecular flexibility index (Phi) is 4.49. The molecule has 0 bridgehead atoms. The first-order valence-corrected chi connectivity index (χ1v) is 8.92. The van der Waals surface area contributed by atoms with Crippen molar-refractivity contribution < 1.29 is 18.8 Å². The van der Waals surface area contributed by atoms with E-state index in [1.54, 1.807) is 24.3 Å². The monoisotopic (exact) mass is 394 g/mol. The fourth-order valence-electron chi connectivity index (χ4n) is 3.05. The van der Waals surface area contributed by atoms with E-state index >= 15 is 0 Å². The second-order valence-electron chi connectivity index (χ2n) is 6.47. The van der Waals surface area contributed by atoms with E-state index in [2.05, 4.69) is 5.32 Å². The number of hydrogen-bond donors (Lipinski definition) is 1. The van der Waals surface area contributed by atoms with Gasteiger partial charge in [0.05, 0.1) is 34.6 Å². The van der Waals surface area contributed by atoms with E-state index in [0.29, 0.717) is 16.5 Å². The normalized spacial score (nSPS) is 13.0. The minimum atomic E-state index is -0.459. The number of furan rings is 1. The first-order valence-electron chi connectivity index (χ1n) is 8.54. The third kappa shape index (κ3) is 3.18. The zero-order valence-corrected chi connectivity index (χ0v) is 15.6. The third-order valence-corrected chi connectivity index (χ3v) is 4.81. The van der Waals surface area contributed by atoms with Crippen LogP contribution in [0.4, 0.5) is 5.69 Å². The van der Waals surface area contributed by atoms with Gasteiger partial charge < -0.3 is 9.73 Å². The van der Waals surface area contributed by atoms with Gasteiger partial charge in [-0.15, -0.1) is 0 Å². The zero-order valence-electron chi connectivity index (χ0n) is 14.9. The van der Waals surface area contributed by atoms with Gasteiger partial charge in [0.25, 0.3) is 17.7 Å². The van der Waals surface area contributed by atoms with Crippen molar-refractivity contribution in [2.45, 2.75) is 13.5 Å². The minimum Gasteiger partial charge on any atom is -0.467 e. The number of anilines is 1. The molecule has 2 aromatic carbocycles. The number of aryl methyl sites for hydroxylation is 1. The molecule has 0 spiro atoms. The van der Waals surface area contributed by atoms with Crippen LogP contribution in [0.25, 0.3) is 0 Å². The van der Waals surface area contributed by atoms with Crippen molar-refractivity contribution in [2.75, 3.05) is 5.32 Å². The summed E-state index contributed by atoms with van der Waals surface area (Å²) >= 11 is 6.15. The Morgan fingerprint density at radius 2 is 1.86 bits per heavy atom. The van der Waals surface area contributed by atoms with E-state index in [1.807, 2.05) is 13.0 Å². The van der Waals surface area contributed by atoms with E-state index in [-0.39, 0.29) is 23.2 Å². The summed E-state index contributed by atoms with van der Waals surface area (Å²) in [6.07, 6.45) is 1.48. The summed E-state index contributed by atoms with van der Waals surface area (Å²) in [5.41, 5.74) is 2.16. The number of imide groups is 1. The maximum Gasteiger partial charge on any atom is 0.261 e. The molecule has 4 rings (SSSR count). The van der Waals surface area contributed by atoms with Gasteiger partial charge in [-0.25, -0.2) is 0 Å². The molecule has 0 unspecified atom stereocenters. The second kappa shape index (κ2) is 6.98. The SMILES string of the molecule is Cc1ccc(NC(=O)c2ccc3c(c2)C(=O)N(Cc2ccco2)C3=O)c(Cl)c1. The largest absolute Gasteiger partial charge is 0.467 e.